The summed E-state index contributed by atoms with van der Waals surface area (Å²) in [6.45, 7) is 2.87. The van der Waals surface area contributed by atoms with Crippen LogP contribution in [0.5, 0.6) is 5.75 Å². The number of amides is 1. The molecule has 30 heavy (non-hydrogen) atoms. The highest BCUT2D eigenvalue weighted by Crippen LogP contribution is 2.23. The summed E-state index contributed by atoms with van der Waals surface area (Å²) in [6.07, 6.45) is 1.76. The third kappa shape index (κ3) is 4.36. The Morgan fingerprint density at radius 3 is 2.73 bits per heavy atom. The molecule has 1 amide bonds. The fraction of sp³-hybridized carbons (Fsp3) is 0.136. The summed E-state index contributed by atoms with van der Waals surface area (Å²) in [5.74, 6) is 0.488. The fourth-order valence-corrected chi connectivity index (χ4v) is 3.19. The first kappa shape index (κ1) is 19.7. The lowest BCUT2D eigenvalue weighted by atomic mass is 10.1. The van der Waals surface area contributed by atoms with Gasteiger partial charge in [-0.15, -0.1) is 0 Å². The van der Waals surface area contributed by atoms with E-state index in [1.54, 1.807) is 35.1 Å². The molecule has 0 aliphatic carbocycles. The average molecular weight is 424 g/mol. The maximum Gasteiger partial charge on any atom is 0.337 e. The van der Waals surface area contributed by atoms with Crippen LogP contribution in [0.25, 0.3) is 11.0 Å². The van der Waals surface area contributed by atoms with Gasteiger partial charge in [-0.3, -0.25) is 9.48 Å². The number of nitrogens with one attached hydrogen (secondary N) is 1. The SMILES string of the molecule is CCOc1ccc2c(C(=O)Nc3ccn(Cc4ccc(Cl)cc4)n3)cc(=O)oc2c1. The first-order valence-corrected chi connectivity index (χ1v) is 9.69. The molecule has 2 aromatic carbocycles. The highest BCUT2D eigenvalue weighted by Gasteiger charge is 2.15. The van der Waals surface area contributed by atoms with Crippen LogP contribution in [0, 0.1) is 0 Å². The van der Waals surface area contributed by atoms with Gasteiger partial charge in [-0.25, -0.2) is 4.79 Å². The number of nitrogens with zero attached hydrogens (tertiary/aromatic N) is 2. The van der Waals surface area contributed by atoms with E-state index in [0.717, 1.165) is 5.56 Å². The monoisotopic (exact) mass is 423 g/mol. The lowest BCUT2D eigenvalue weighted by Gasteiger charge is -2.07. The Kier molecular flexibility index (Phi) is 5.54. The van der Waals surface area contributed by atoms with Crippen LogP contribution in [0.3, 0.4) is 0 Å². The molecule has 2 aromatic heterocycles. The molecule has 7 nitrogen and oxygen atoms in total. The third-order valence-corrected chi connectivity index (χ3v) is 4.66. The number of halogens is 1. The first-order chi connectivity index (χ1) is 14.5. The summed E-state index contributed by atoms with van der Waals surface area (Å²) in [6, 6.07) is 15.3. The molecule has 0 radical (unpaired) electrons. The van der Waals surface area contributed by atoms with Gasteiger partial charge in [0.2, 0.25) is 0 Å². The Labute approximate surface area is 176 Å². The smallest absolute Gasteiger partial charge is 0.337 e. The number of anilines is 1. The van der Waals surface area contributed by atoms with Gasteiger partial charge in [0, 0.05) is 34.8 Å². The Balaban J connectivity index is 1.55. The topological polar surface area (TPSA) is 86.4 Å². The summed E-state index contributed by atoms with van der Waals surface area (Å²) in [5.41, 5.74) is 0.898. The zero-order valence-electron chi connectivity index (χ0n) is 16.1. The van der Waals surface area contributed by atoms with E-state index in [4.69, 9.17) is 20.8 Å². The van der Waals surface area contributed by atoms with E-state index in [1.165, 1.54) is 6.07 Å². The molecule has 0 saturated heterocycles. The quantitative estimate of drug-likeness (QED) is 0.466. The molecule has 0 atom stereocenters. The lowest BCUT2D eigenvalue weighted by Crippen LogP contribution is -2.16. The standard InChI is InChI=1S/C22H18ClN3O4/c1-2-29-16-7-8-17-18(12-21(27)30-19(17)11-16)22(28)24-20-9-10-26(25-20)13-14-3-5-15(23)6-4-14/h3-12H,2,13H2,1H3,(H,24,25,28). The molecule has 0 fully saturated rings. The van der Waals surface area contributed by atoms with Crippen molar-refractivity contribution in [2.75, 3.05) is 11.9 Å². The number of carbonyl (C=O) groups is 1. The fourth-order valence-electron chi connectivity index (χ4n) is 3.06. The Bertz CT molecular complexity index is 1260. The summed E-state index contributed by atoms with van der Waals surface area (Å²) >= 11 is 5.91. The highest BCUT2D eigenvalue weighted by atomic mass is 35.5. The van der Waals surface area contributed by atoms with E-state index in [1.807, 2.05) is 31.2 Å². The van der Waals surface area contributed by atoms with Crippen LogP contribution < -0.4 is 15.7 Å². The predicted molar refractivity (Wildman–Crippen MR) is 114 cm³/mol. The van der Waals surface area contributed by atoms with Crippen molar-refractivity contribution in [2.24, 2.45) is 0 Å². The van der Waals surface area contributed by atoms with Gasteiger partial charge in [-0.1, -0.05) is 23.7 Å². The molecule has 0 aliphatic heterocycles. The zero-order chi connectivity index (χ0) is 21.1. The summed E-state index contributed by atoms with van der Waals surface area (Å²) < 4.78 is 12.3. The van der Waals surface area contributed by atoms with E-state index in [0.29, 0.717) is 35.1 Å². The van der Waals surface area contributed by atoms with Crippen molar-refractivity contribution in [3.05, 3.63) is 87.4 Å². The van der Waals surface area contributed by atoms with Gasteiger partial charge in [-0.2, -0.15) is 5.10 Å². The van der Waals surface area contributed by atoms with Gasteiger partial charge in [0.15, 0.2) is 5.82 Å². The maximum atomic E-state index is 12.8. The normalized spacial score (nSPS) is 10.9. The number of ether oxygens (including phenoxy) is 1. The maximum absolute atomic E-state index is 12.8. The Morgan fingerprint density at radius 1 is 1.17 bits per heavy atom. The number of carbonyl (C=O) groups excluding carboxylic acids is 1. The second-order valence-corrected chi connectivity index (χ2v) is 6.99. The minimum Gasteiger partial charge on any atom is -0.494 e. The van der Waals surface area contributed by atoms with Crippen molar-refractivity contribution in [3.63, 3.8) is 0 Å². The van der Waals surface area contributed by atoms with Crippen LogP contribution in [0.15, 0.2) is 70.0 Å². The summed E-state index contributed by atoms with van der Waals surface area (Å²) in [7, 11) is 0. The average Bonchev–Trinajstić information content (AvgIpc) is 3.15. The molecule has 0 spiro atoms. The van der Waals surface area contributed by atoms with Crippen LogP contribution in [0.4, 0.5) is 5.82 Å². The molecule has 0 saturated carbocycles. The first-order valence-electron chi connectivity index (χ1n) is 9.32. The van der Waals surface area contributed by atoms with E-state index < -0.39 is 11.5 Å². The van der Waals surface area contributed by atoms with Gasteiger partial charge in [0.05, 0.1) is 18.7 Å². The molecular weight excluding hydrogens is 406 g/mol. The minimum absolute atomic E-state index is 0.205. The number of aromatic nitrogens is 2. The van der Waals surface area contributed by atoms with E-state index in [2.05, 4.69) is 10.4 Å². The second kappa shape index (κ2) is 8.42. The van der Waals surface area contributed by atoms with E-state index >= 15 is 0 Å². The number of benzene rings is 2. The summed E-state index contributed by atoms with van der Waals surface area (Å²) in [5, 5.41) is 8.27. The Morgan fingerprint density at radius 2 is 1.97 bits per heavy atom. The molecule has 2 heterocycles. The second-order valence-electron chi connectivity index (χ2n) is 6.55. The summed E-state index contributed by atoms with van der Waals surface area (Å²) in [4.78, 5) is 24.8. The largest absolute Gasteiger partial charge is 0.494 e. The molecule has 1 N–H and O–H groups in total. The van der Waals surface area contributed by atoms with Gasteiger partial charge in [0.1, 0.15) is 11.3 Å². The van der Waals surface area contributed by atoms with Crippen molar-refractivity contribution in [2.45, 2.75) is 13.5 Å². The van der Waals surface area contributed by atoms with Gasteiger partial charge in [-0.05, 0) is 36.8 Å². The van der Waals surface area contributed by atoms with E-state index in [-0.39, 0.29) is 11.1 Å². The van der Waals surface area contributed by atoms with Crippen LogP contribution >= 0.6 is 11.6 Å². The van der Waals surface area contributed by atoms with Crippen molar-refractivity contribution in [3.8, 4) is 5.75 Å². The van der Waals surface area contributed by atoms with Crippen molar-refractivity contribution in [1.82, 2.24) is 9.78 Å². The molecule has 0 aliphatic rings. The number of rotatable bonds is 6. The molecular formula is C22H18ClN3O4. The van der Waals surface area contributed by atoms with Gasteiger partial charge in [0.25, 0.3) is 5.91 Å². The van der Waals surface area contributed by atoms with Crippen LogP contribution in [0.1, 0.15) is 22.8 Å². The molecule has 4 aromatic rings. The minimum atomic E-state index is -0.616. The van der Waals surface area contributed by atoms with Crippen LogP contribution in [-0.2, 0) is 6.54 Å². The van der Waals surface area contributed by atoms with E-state index in [9.17, 15) is 9.59 Å². The Hall–Kier alpha value is -3.58. The van der Waals surface area contributed by atoms with Crippen molar-refractivity contribution >= 4 is 34.3 Å². The number of hydrogen-bond acceptors (Lipinski definition) is 5. The lowest BCUT2D eigenvalue weighted by molar-refractivity contribution is 0.102. The van der Waals surface area contributed by atoms with Crippen molar-refractivity contribution < 1.29 is 13.9 Å². The molecule has 4 rings (SSSR count). The third-order valence-electron chi connectivity index (χ3n) is 4.41. The molecule has 0 bridgehead atoms. The number of fused-ring (bicyclic) bond motifs is 1. The predicted octanol–water partition coefficient (Wildman–Crippen LogP) is 4.34. The van der Waals surface area contributed by atoms with Crippen LogP contribution in [-0.4, -0.2) is 22.3 Å². The van der Waals surface area contributed by atoms with Crippen LogP contribution in [0.2, 0.25) is 5.02 Å². The van der Waals surface area contributed by atoms with Gasteiger partial charge < -0.3 is 14.5 Å². The number of hydrogen-bond donors (Lipinski definition) is 1. The van der Waals surface area contributed by atoms with Crippen molar-refractivity contribution in [1.29, 1.82) is 0 Å². The zero-order valence-corrected chi connectivity index (χ0v) is 16.8. The molecule has 152 valence electrons. The molecule has 8 heteroatoms. The van der Waals surface area contributed by atoms with Gasteiger partial charge >= 0.3 is 5.63 Å². The molecule has 0 unspecified atom stereocenters. The highest BCUT2D eigenvalue weighted by molar-refractivity contribution is 6.30.